The standard InChI is InChI=1S/C23H35ClN6/c1-4-25-23(26-12-6-9-19-16-28-29-17(19)2)27-15-20-10-7-13-30(3)22(20)18-8-5-11-21(24)14-18/h5,8,11,14,16,20,22H,4,6-7,9-10,12-13,15H2,1-3H3,(H,28,29)(H2,25,26,27). The largest absolute Gasteiger partial charge is 0.357 e. The minimum atomic E-state index is 0.355. The summed E-state index contributed by atoms with van der Waals surface area (Å²) in [5, 5.41) is 14.8. The fourth-order valence-electron chi connectivity index (χ4n) is 4.33. The minimum absolute atomic E-state index is 0.355. The van der Waals surface area contributed by atoms with Crippen molar-refractivity contribution in [1.29, 1.82) is 0 Å². The van der Waals surface area contributed by atoms with Crippen LogP contribution in [0.25, 0.3) is 0 Å². The van der Waals surface area contributed by atoms with Crippen molar-refractivity contribution in [2.45, 2.75) is 45.6 Å². The maximum Gasteiger partial charge on any atom is 0.191 e. The second-order valence-electron chi connectivity index (χ2n) is 8.15. The summed E-state index contributed by atoms with van der Waals surface area (Å²) in [6.07, 6.45) is 6.37. The van der Waals surface area contributed by atoms with Crippen molar-refractivity contribution in [3.05, 3.63) is 52.3 Å². The maximum atomic E-state index is 6.27. The van der Waals surface area contributed by atoms with Crippen LogP contribution < -0.4 is 10.6 Å². The minimum Gasteiger partial charge on any atom is -0.357 e. The Morgan fingerprint density at radius 1 is 1.37 bits per heavy atom. The Morgan fingerprint density at radius 2 is 2.23 bits per heavy atom. The van der Waals surface area contributed by atoms with Crippen molar-refractivity contribution >= 4 is 17.6 Å². The summed E-state index contributed by atoms with van der Waals surface area (Å²) < 4.78 is 0. The number of piperidine rings is 1. The van der Waals surface area contributed by atoms with Gasteiger partial charge < -0.3 is 10.6 Å². The van der Waals surface area contributed by atoms with Gasteiger partial charge in [-0.1, -0.05) is 23.7 Å². The number of likely N-dealkylation sites (tertiary alicyclic amines) is 1. The molecule has 6 nitrogen and oxygen atoms in total. The van der Waals surface area contributed by atoms with Crippen molar-refractivity contribution in [2.75, 3.05) is 33.2 Å². The normalized spacial score (nSPS) is 20.3. The summed E-state index contributed by atoms with van der Waals surface area (Å²) in [7, 11) is 2.21. The van der Waals surface area contributed by atoms with Crippen LogP contribution in [0.1, 0.15) is 49.0 Å². The molecule has 2 aromatic rings. The van der Waals surface area contributed by atoms with Gasteiger partial charge in [0.1, 0.15) is 0 Å². The number of aromatic nitrogens is 2. The molecule has 30 heavy (non-hydrogen) atoms. The van der Waals surface area contributed by atoms with Gasteiger partial charge >= 0.3 is 0 Å². The average molecular weight is 431 g/mol. The van der Waals surface area contributed by atoms with Gasteiger partial charge in [-0.3, -0.25) is 15.0 Å². The van der Waals surface area contributed by atoms with E-state index in [1.54, 1.807) is 0 Å². The number of aryl methyl sites for hydroxylation is 2. The molecule has 0 radical (unpaired) electrons. The molecule has 2 heterocycles. The molecule has 3 rings (SSSR count). The fraction of sp³-hybridized carbons (Fsp3) is 0.565. The number of H-pyrrole nitrogens is 1. The number of aliphatic imine (C=N–C) groups is 1. The highest BCUT2D eigenvalue weighted by atomic mass is 35.5. The zero-order valence-electron chi connectivity index (χ0n) is 18.4. The van der Waals surface area contributed by atoms with E-state index in [1.807, 2.05) is 18.3 Å². The smallest absolute Gasteiger partial charge is 0.191 e. The molecule has 1 aliphatic rings. The molecular formula is C23H35ClN6. The van der Waals surface area contributed by atoms with Gasteiger partial charge in [-0.2, -0.15) is 5.10 Å². The maximum absolute atomic E-state index is 6.27. The zero-order chi connectivity index (χ0) is 21.3. The lowest BCUT2D eigenvalue weighted by Crippen LogP contribution is -2.40. The second-order valence-corrected chi connectivity index (χ2v) is 8.59. The molecule has 0 aliphatic carbocycles. The van der Waals surface area contributed by atoms with Crippen molar-refractivity contribution in [3.63, 3.8) is 0 Å². The number of benzene rings is 1. The number of hydrogen-bond donors (Lipinski definition) is 3. The average Bonchev–Trinajstić information content (AvgIpc) is 3.14. The predicted octanol–water partition coefficient (Wildman–Crippen LogP) is 3.94. The lowest BCUT2D eigenvalue weighted by molar-refractivity contribution is 0.125. The molecule has 7 heteroatoms. The summed E-state index contributed by atoms with van der Waals surface area (Å²) in [5.41, 5.74) is 3.73. The van der Waals surface area contributed by atoms with Crippen LogP contribution in [0, 0.1) is 12.8 Å². The molecule has 3 N–H and O–H groups in total. The second kappa shape index (κ2) is 11.4. The zero-order valence-corrected chi connectivity index (χ0v) is 19.2. The van der Waals surface area contributed by atoms with Crippen LogP contribution in [-0.4, -0.2) is 54.3 Å². The van der Waals surface area contributed by atoms with Gasteiger partial charge in [-0.05, 0) is 82.3 Å². The van der Waals surface area contributed by atoms with E-state index in [0.717, 1.165) is 55.7 Å². The third kappa shape index (κ3) is 6.22. The van der Waals surface area contributed by atoms with E-state index >= 15 is 0 Å². The first-order chi connectivity index (χ1) is 14.6. The topological polar surface area (TPSA) is 68.3 Å². The van der Waals surface area contributed by atoms with E-state index in [1.165, 1.54) is 24.0 Å². The summed E-state index contributed by atoms with van der Waals surface area (Å²) in [4.78, 5) is 7.39. The summed E-state index contributed by atoms with van der Waals surface area (Å²) >= 11 is 6.27. The molecule has 0 spiro atoms. The van der Waals surface area contributed by atoms with Gasteiger partial charge in [0.25, 0.3) is 0 Å². The van der Waals surface area contributed by atoms with Gasteiger partial charge in [-0.25, -0.2) is 0 Å². The predicted molar refractivity (Wildman–Crippen MR) is 125 cm³/mol. The third-order valence-corrected chi connectivity index (χ3v) is 6.11. The molecule has 1 aromatic heterocycles. The van der Waals surface area contributed by atoms with E-state index in [-0.39, 0.29) is 0 Å². The number of nitrogens with zero attached hydrogens (tertiary/aromatic N) is 3. The van der Waals surface area contributed by atoms with Gasteiger partial charge in [0.15, 0.2) is 5.96 Å². The Balaban J connectivity index is 1.59. The first kappa shape index (κ1) is 22.6. The van der Waals surface area contributed by atoms with Gasteiger partial charge in [-0.15, -0.1) is 0 Å². The Bertz CT molecular complexity index is 818. The number of nitrogens with one attached hydrogen (secondary N) is 3. The van der Waals surface area contributed by atoms with E-state index in [9.17, 15) is 0 Å². The third-order valence-electron chi connectivity index (χ3n) is 5.88. The van der Waals surface area contributed by atoms with Crippen LogP contribution in [0.15, 0.2) is 35.5 Å². The van der Waals surface area contributed by atoms with E-state index < -0.39 is 0 Å². The number of guanidine groups is 1. The lowest BCUT2D eigenvalue weighted by atomic mass is 9.85. The summed E-state index contributed by atoms with van der Waals surface area (Å²) in [5.74, 6) is 1.38. The first-order valence-electron chi connectivity index (χ1n) is 11.0. The fourth-order valence-corrected chi connectivity index (χ4v) is 4.53. The SMILES string of the molecule is CCNC(=NCC1CCCN(C)C1c1cccc(Cl)c1)NCCCc1cn[nH]c1C. The van der Waals surface area contributed by atoms with Crippen LogP contribution in [0.4, 0.5) is 0 Å². The summed E-state index contributed by atoms with van der Waals surface area (Å²) in [6, 6.07) is 8.64. The molecule has 0 bridgehead atoms. The molecule has 2 unspecified atom stereocenters. The number of rotatable bonds is 8. The van der Waals surface area contributed by atoms with Crippen LogP contribution in [0.3, 0.4) is 0 Å². The van der Waals surface area contributed by atoms with Crippen LogP contribution in [0.2, 0.25) is 5.02 Å². The molecule has 164 valence electrons. The van der Waals surface area contributed by atoms with Crippen molar-refractivity contribution in [2.24, 2.45) is 10.9 Å². The lowest BCUT2D eigenvalue weighted by Gasteiger charge is -2.39. The van der Waals surface area contributed by atoms with Gasteiger partial charge in [0, 0.05) is 36.4 Å². The molecule has 1 saturated heterocycles. The molecule has 0 amide bonds. The Labute approximate surface area is 185 Å². The molecule has 0 saturated carbocycles. The quantitative estimate of drug-likeness (QED) is 0.337. The number of hydrogen-bond acceptors (Lipinski definition) is 3. The van der Waals surface area contributed by atoms with Crippen LogP contribution in [-0.2, 0) is 6.42 Å². The van der Waals surface area contributed by atoms with Gasteiger partial charge in [0.05, 0.1) is 6.20 Å². The number of halogens is 1. The first-order valence-corrected chi connectivity index (χ1v) is 11.4. The molecule has 2 atom stereocenters. The monoisotopic (exact) mass is 430 g/mol. The molecule has 1 fully saturated rings. The summed E-state index contributed by atoms with van der Waals surface area (Å²) in [6.45, 7) is 7.84. The highest BCUT2D eigenvalue weighted by molar-refractivity contribution is 6.30. The van der Waals surface area contributed by atoms with Crippen molar-refractivity contribution in [3.8, 4) is 0 Å². The van der Waals surface area contributed by atoms with Crippen molar-refractivity contribution in [1.82, 2.24) is 25.7 Å². The van der Waals surface area contributed by atoms with Crippen molar-refractivity contribution < 1.29 is 0 Å². The van der Waals surface area contributed by atoms with E-state index in [4.69, 9.17) is 16.6 Å². The van der Waals surface area contributed by atoms with E-state index in [2.05, 4.69) is 58.8 Å². The van der Waals surface area contributed by atoms with Crippen LogP contribution >= 0.6 is 11.6 Å². The molecule has 1 aromatic carbocycles. The Kier molecular flexibility index (Phi) is 8.58. The molecule has 1 aliphatic heterocycles. The number of aromatic amines is 1. The molecular weight excluding hydrogens is 396 g/mol. The Hall–Kier alpha value is -2.05. The highest BCUT2D eigenvalue weighted by Crippen LogP contribution is 2.36. The Morgan fingerprint density at radius 3 is 2.97 bits per heavy atom. The van der Waals surface area contributed by atoms with E-state index in [0.29, 0.717) is 12.0 Å². The van der Waals surface area contributed by atoms with Gasteiger partial charge in [0.2, 0.25) is 0 Å². The van der Waals surface area contributed by atoms with Crippen LogP contribution in [0.5, 0.6) is 0 Å². The highest BCUT2D eigenvalue weighted by Gasteiger charge is 2.30.